The molecule has 1 amide bonds. The summed E-state index contributed by atoms with van der Waals surface area (Å²) in [7, 11) is 1.71. The summed E-state index contributed by atoms with van der Waals surface area (Å²) in [6.07, 6.45) is 4.21. The number of nitrogens with one attached hydrogen (secondary N) is 1. The van der Waals surface area contributed by atoms with Crippen molar-refractivity contribution in [3.05, 3.63) is 11.6 Å². The highest BCUT2D eigenvalue weighted by atomic mass is 16.5. The first-order valence-electron chi connectivity index (χ1n) is 7.17. The maximum atomic E-state index is 12.2. The zero-order chi connectivity index (χ0) is 13.5. The molecule has 1 saturated heterocycles. The smallest absolute Gasteiger partial charge is 0.237 e. The third kappa shape index (κ3) is 4.60. The average Bonchev–Trinajstić information content (AvgIpc) is 2.68. The molecule has 0 bridgehead atoms. The molecule has 2 aliphatic rings. The second-order valence-corrected chi connectivity index (χ2v) is 5.26. The summed E-state index contributed by atoms with van der Waals surface area (Å²) in [6.45, 7) is 6.89. The van der Waals surface area contributed by atoms with Crippen molar-refractivity contribution in [3.63, 3.8) is 0 Å². The SMILES string of the molecule is COCC1=CCN(C(=O)CN2CCCNCC2)CC1. The van der Waals surface area contributed by atoms with E-state index in [1.54, 1.807) is 7.11 Å². The number of amides is 1. The Hall–Kier alpha value is -0.910. The van der Waals surface area contributed by atoms with Crippen LogP contribution < -0.4 is 5.32 Å². The molecule has 0 aromatic heterocycles. The largest absolute Gasteiger partial charge is 0.380 e. The highest BCUT2D eigenvalue weighted by Gasteiger charge is 2.20. The van der Waals surface area contributed by atoms with Crippen LogP contribution in [0.3, 0.4) is 0 Å². The number of ether oxygens (including phenoxy) is 1. The predicted molar refractivity (Wildman–Crippen MR) is 75.1 cm³/mol. The molecule has 1 N–H and O–H groups in total. The summed E-state index contributed by atoms with van der Waals surface area (Å²) in [5.74, 6) is 0.259. The molecule has 0 radical (unpaired) electrons. The second-order valence-electron chi connectivity index (χ2n) is 5.26. The lowest BCUT2D eigenvalue weighted by Crippen LogP contribution is -2.43. The molecule has 5 heteroatoms. The maximum absolute atomic E-state index is 12.2. The van der Waals surface area contributed by atoms with E-state index in [1.807, 2.05) is 4.90 Å². The zero-order valence-corrected chi connectivity index (χ0v) is 11.9. The van der Waals surface area contributed by atoms with Gasteiger partial charge in [0, 0.05) is 33.3 Å². The Bertz CT molecular complexity index is 323. The van der Waals surface area contributed by atoms with Crippen molar-refractivity contribution >= 4 is 5.91 Å². The van der Waals surface area contributed by atoms with E-state index in [9.17, 15) is 4.79 Å². The molecule has 5 nitrogen and oxygen atoms in total. The molecular weight excluding hydrogens is 242 g/mol. The third-order valence-electron chi connectivity index (χ3n) is 3.78. The quantitative estimate of drug-likeness (QED) is 0.733. The molecule has 2 aliphatic heterocycles. The number of methoxy groups -OCH3 is 1. The first kappa shape index (κ1) is 14.5. The van der Waals surface area contributed by atoms with E-state index in [2.05, 4.69) is 16.3 Å². The van der Waals surface area contributed by atoms with Gasteiger partial charge in [-0.15, -0.1) is 0 Å². The Kier molecular flexibility index (Phi) is 5.82. The molecule has 2 heterocycles. The van der Waals surface area contributed by atoms with Crippen LogP contribution in [0.5, 0.6) is 0 Å². The number of carbonyl (C=O) groups excluding carboxylic acids is 1. The summed E-state index contributed by atoms with van der Waals surface area (Å²) in [5, 5.41) is 3.36. The van der Waals surface area contributed by atoms with Crippen LogP contribution in [0.25, 0.3) is 0 Å². The fourth-order valence-corrected chi connectivity index (χ4v) is 2.61. The van der Waals surface area contributed by atoms with Gasteiger partial charge in [-0.1, -0.05) is 6.08 Å². The van der Waals surface area contributed by atoms with Crippen LogP contribution in [0.1, 0.15) is 12.8 Å². The van der Waals surface area contributed by atoms with Gasteiger partial charge in [0.15, 0.2) is 0 Å². The molecule has 0 aliphatic carbocycles. The van der Waals surface area contributed by atoms with Crippen LogP contribution in [-0.4, -0.2) is 75.2 Å². The first-order chi connectivity index (χ1) is 9.29. The molecule has 0 aromatic rings. The van der Waals surface area contributed by atoms with E-state index >= 15 is 0 Å². The lowest BCUT2D eigenvalue weighted by Gasteiger charge is -2.29. The zero-order valence-electron chi connectivity index (χ0n) is 11.9. The summed E-state index contributed by atoms with van der Waals surface area (Å²) in [6, 6.07) is 0. The van der Waals surface area contributed by atoms with Crippen molar-refractivity contribution in [2.24, 2.45) is 0 Å². The molecule has 2 rings (SSSR count). The molecule has 1 fully saturated rings. The van der Waals surface area contributed by atoms with Crippen LogP contribution in [0.2, 0.25) is 0 Å². The van der Waals surface area contributed by atoms with Crippen molar-refractivity contribution in [1.82, 2.24) is 15.1 Å². The average molecular weight is 267 g/mol. The Morgan fingerprint density at radius 1 is 1.37 bits per heavy atom. The van der Waals surface area contributed by atoms with Crippen molar-refractivity contribution < 1.29 is 9.53 Å². The Labute approximate surface area is 115 Å². The van der Waals surface area contributed by atoms with Gasteiger partial charge in [-0.2, -0.15) is 0 Å². The van der Waals surface area contributed by atoms with Gasteiger partial charge in [-0.3, -0.25) is 9.69 Å². The molecular formula is C14H25N3O2. The predicted octanol–water partition coefficient (Wildman–Crippen LogP) is 0.0868. The van der Waals surface area contributed by atoms with Gasteiger partial charge < -0.3 is 15.0 Å². The molecule has 0 spiro atoms. The number of rotatable bonds is 4. The Morgan fingerprint density at radius 2 is 2.26 bits per heavy atom. The first-order valence-corrected chi connectivity index (χ1v) is 7.17. The van der Waals surface area contributed by atoms with Gasteiger partial charge in [0.1, 0.15) is 0 Å². The monoisotopic (exact) mass is 267 g/mol. The molecule has 19 heavy (non-hydrogen) atoms. The van der Waals surface area contributed by atoms with Gasteiger partial charge >= 0.3 is 0 Å². The van der Waals surface area contributed by atoms with E-state index in [0.29, 0.717) is 13.2 Å². The van der Waals surface area contributed by atoms with Gasteiger partial charge in [-0.05, 0) is 31.5 Å². The van der Waals surface area contributed by atoms with Crippen LogP contribution in [-0.2, 0) is 9.53 Å². The fraction of sp³-hybridized carbons (Fsp3) is 0.786. The minimum Gasteiger partial charge on any atom is -0.380 e. The van der Waals surface area contributed by atoms with Crippen LogP contribution in [0, 0.1) is 0 Å². The minimum absolute atomic E-state index is 0.259. The summed E-state index contributed by atoms with van der Waals surface area (Å²) < 4.78 is 5.13. The van der Waals surface area contributed by atoms with Gasteiger partial charge in [0.2, 0.25) is 5.91 Å². The normalized spacial score (nSPS) is 21.9. The fourth-order valence-electron chi connectivity index (χ4n) is 2.61. The number of hydrogen-bond donors (Lipinski definition) is 1. The topological polar surface area (TPSA) is 44.8 Å². The second kappa shape index (κ2) is 7.62. The third-order valence-corrected chi connectivity index (χ3v) is 3.78. The number of carbonyl (C=O) groups is 1. The van der Waals surface area contributed by atoms with E-state index in [0.717, 1.165) is 52.1 Å². The van der Waals surface area contributed by atoms with E-state index in [1.165, 1.54) is 5.57 Å². The van der Waals surface area contributed by atoms with Crippen molar-refractivity contribution in [1.29, 1.82) is 0 Å². The van der Waals surface area contributed by atoms with Crippen molar-refractivity contribution in [2.75, 3.05) is 59.5 Å². The Balaban J connectivity index is 1.77. The van der Waals surface area contributed by atoms with Crippen LogP contribution in [0.15, 0.2) is 11.6 Å². The highest BCUT2D eigenvalue weighted by Crippen LogP contribution is 2.11. The van der Waals surface area contributed by atoms with Gasteiger partial charge in [0.05, 0.1) is 13.2 Å². The standard InChI is InChI=1S/C14H25N3O2/c1-19-12-13-3-8-17(9-4-13)14(18)11-16-7-2-5-15-6-10-16/h3,15H,2,4-12H2,1H3. The molecule has 0 aromatic carbocycles. The Morgan fingerprint density at radius 3 is 3.00 bits per heavy atom. The summed E-state index contributed by atoms with van der Waals surface area (Å²) in [5.41, 5.74) is 1.31. The molecule has 0 atom stereocenters. The maximum Gasteiger partial charge on any atom is 0.237 e. The lowest BCUT2D eigenvalue weighted by atomic mass is 10.1. The molecule has 0 unspecified atom stereocenters. The summed E-state index contributed by atoms with van der Waals surface area (Å²) >= 11 is 0. The molecule has 108 valence electrons. The summed E-state index contributed by atoms with van der Waals surface area (Å²) in [4.78, 5) is 16.5. The van der Waals surface area contributed by atoms with Crippen LogP contribution in [0.4, 0.5) is 0 Å². The van der Waals surface area contributed by atoms with Crippen LogP contribution >= 0.6 is 0 Å². The van der Waals surface area contributed by atoms with E-state index < -0.39 is 0 Å². The van der Waals surface area contributed by atoms with E-state index in [4.69, 9.17) is 4.74 Å². The van der Waals surface area contributed by atoms with Gasteiger partial charge in [0.25, 0.3) is 0 Å². The van der Waals surface area contributed by atoms with Gasteiger partial charge in [-0.25, -0.2) is 0 Å². The minimum atomic E-state index is 0.259. The van der Waals surface area contributed by atoms with Crippen molar-refractivity contribution in [3.8, 4) is 0 Å². The van der Waals surface area contributed by atoms with E-state index in [-0.39, 0.29) is 5.91 Å². The lowest BCUT2D eigenvalue weighted by molar-refractivity contribution is -0.132. The van der Waals surface area contributed by atoms with Crippen molar-refractivity contribution in [2.45, 2.75) is 12.8 Å². The number of hydrogen-bond acceptors (Lipinski definition) is 4. The molecule has 0 saturated carbocycles. The number of nitrogens with zero attached hydrogens (tertiary/aromatic N) is 2. The highest BCUT2D eigenvalue weighted by molar-refractivity contribution is 5.78.